The van der Waals surface area contributed by atoms with E-state index in [1.54, 1.807) is 0 Å². The molecule has 0 aliphatic carbocycles. The van der Waals surface area contributed by atoms with Gasteiger partial charge in [0.05, 0.1) is 5.52 Å². The number of aromatic nitrogens is 1. The summed E-state index contributed by atoms with van der Waals surface area (Å²) in [6.45, 7) is 0. The Morgan fingerprint density at radius 1 is 0.423 bits per heavy atom. The van der Waals surface area contributed by atoms with E-state index >= 15 is 0 Å². The van der Waals surface area contributed by atoms with Crippen molar-refractivity contribution in [2.24, 2.45) is 0 Å². The zero-order valence-electron chi connectivity index (χ0n) is 28.0. The molecule has 0 radical (unpaired) electrons. The van der Waals surface area contributed by atoms with Crippen LogP contribution in [0.1, 0.15) is 0 Å². The van der Waals surface area contributed by atoms with E-state index in [1.807, 2.05) is 6.07 Å². The van der Waals surface area contributed by atoms with Crippen LogP contribution in [-0.2, 0) is 0 Å². The van der Waals surface area contributed by atoms with Crippen molar-refractivity contribution in [1.82, 2.24) is 4.57 Å². The van der Waals surface area contributed by atoms with Gasteiger partial charge in [0.1, 0.15) is 5.58 Å². The standard InChI is InChI=1S/C48H30N2OSe/c1-2-11-33(12-3-1)50-41-16-7-4-13-36(41)37-27-26-35(30-43(37)50)49(42-17-10-19-45-48(42)39-15-5-8-18-44(39)51-45)34-24-21-31(22-25-34)32-23-28-47-40(29-32)38-14-6-9-20-46(38)52-47/h1-30H. The Balaban J connectivity index is 1.13. The number of furan rings is 1. The minimum Gasteiger partial charge on any atom is -0.0602 e. The van der Waals surface area contributed by atoms with Crippen LogP contribution in [0, 0.1) is 0 Å². The van der Waals surface area contributed by atoms with Crippen molar-refractivity contribution in [3.8, 4) is 16.8 Å². The molecule has 0 N–H and O–H groups in total. The number of fused-ring (bicyclic) bond motifs is 9. The molecule has 11 rings (SSSR count). The van der Waals surface area contributed by atoms with E-state index in [0.717, 1.165) is 50.2 Å². The van der Waals surface area contributed by atoms with Crippen LogP contribution in [0.5, 0.6) is 0 Å². The van der Waals surface area contributed by atoms with Crippen LogP contribution in [0.15, 0.2) is 186 Å². The fourth-order valence-electron chi connectivity index (χ4n) is 8.03. The van der Waals surface area contributed by atoms with E-state index in [2.05, 4.69) is 185 Å². The molecule has 3 aromatic heterocycles. The topological polar surface area (TPSA) is 21.3 Å². The SMILES string of the molecule is c1ccc(-n2c3ccccc3c3ccc(N(c4ccc(-c5ccc6[se]c7ccccc7c6c5)cc4)c4cccc5oc6ccccc6c45)cc32)cc1. The zero-order chi connectivity index (χ0) is 34.2. The van der Waals surface area contributed by atoms with Gasteiger partial charge in [0.25, 0.3) is 0 Å². The van der Waals surface area contributed by atoms with E-state index in [9.17, 15) is 0 Å². The molecule has 0 saturated carbocycles. The smallest absolute Gasteiger partial charge is 0.0602 e. The fourth-order valence-corrected chi connectivity index (χ4v) is 10.3. The predicted molar refractivity (Wildman–Crippen MR) is 220 cm³/mol. The Kier molecular flexibility index (Phi) is 6.57. The molecule has 3 heterocycles. The average Bonchev–Trinajstić information content (AvgIpc) is 3.88. The van der Waals surface area contributed by atoms with Gasteiger partial charge in [0.2, 0.25) is 0 Å². The molecule has 4 heteroatoms. The summed E-state index contributed by atoms with van der Waals surface area (Å²) in [7, 11) is 0. The molecule has 0 aliphatic heterocycles. The van der Waals surface area contributed by atoms with Crippen molar-refractivity contribution in [2.45, 2.75) is 0 Å². The summed E-state index contributed by atoms with van der Waals surface area (Å²) in [6.07, 6.45) is 0. The Morgan fingerprint density at radius 3 is 1.98 bits per heavy atom. The summed E-state index contributed by atoms with van der Waals surface area (Å²) >= 11 is 0.362. The van der Waals surface area contributed by atoms with Crippen LogP contribution in [0.4, 0.5) is 17.1 Å². The van der Waals surface area contributed by atoms with Gasteiger partial charge < -0.3 is 8.98 Å². The summed E-state index contributed by atoms with van der Waals surface area (Å²) in [6, 6.07) is 65.9. The third kappa shape index (κ3) is 4.52. The molecule has 244 valence electrons. The van der Waals surface area contributed by atoms with Crippen LogP contribution >= 0.6 is 0 Å². The molecular formula is C48H30N2OSe. The van der Waals surface area contributed by atoms with E-state index in [4.69, 9.17) is 4.42 Å². The van der Waals surface area contributed by atoms with Gasteiger partial charge >= 0.3 is 186 Å². The van der Waals surface area contributed by atoms with Crippen molar-refractivity contribution >= 4 is 94.6 Å². The van der Waals surface area contributed by atoms with Crippen molar-refractivity contribution in [1.29, 1.82) is 0 Å². The van der Waals surface area contributed by atoms with Gasteiger partial charge in [-0.25, -0.2) is 0 Å². The number of benzene rings is 8. The quantitative estimate of drug-likeness (QED) is 0.165. The van der Waals surface area contributed by atoms with Crippen molar-refractivity contribution in [3.05, 3.63) is 182 Å². The number of nitrogens with zero attached hydrogens (tertiary/aromatic N) is 2. The maximum absolute atomic E-state index is 6.41. The van der Waals surface area contributed by atoms with Gasteiger partial charge in [0, 0.05) is 16.5 Å². The summed E-state index contributed by atoms with van der Waals surface area (Å²) in [5.41, 5.74) is 10.9. The first kappa shape index (κ1) is 29.4. The number of para-hydroxylation sites is 3. The van der Waals surface area contributed by atoms with Gasteiger partial charge in [0.15, 0.2) is 0 Å². The molecule has 0 fully saturated rings. The van der Waals surface area contributed by atoms with Gasteiger partial charge in [-0.05, 0) is 30.3 Å². The molecule has 0 atom stereocenters. The van der Waals surface area contributed by atoms with Crippen LogP contribution in [0.3, 0.4) is 0 Å². The molecule has 0 saturated heterocycles. The van der Waals surface area contributed by atoms with Crippen molar-refractivity contribution < 1.29 is 4.42 Å². The average molecular weight is 730 g/mol. The van der Waals surface area contributed by atoms with Gasteiger partial charge in [-0.2, -0.15) is 0 Å². The second-order valence-corrected chi connectivity index (χ2v) is 15.6. The van der Waals surface area contributed by atoms with Crippen LogP contribution < -0.4 is 4.90 Å². The molecule has 0 amide bonds. The van der Waals surface area contributed by atoms with Crippen molar-refractivity contribution in [3.63, 3.8) is 0 Å². The fraction of sp³-hybridized carbons (Fsp3) is 0. The number of hydrogen-bond donors (Lipinski definition) is 0. The molecule has 0 unspecified atom stereocenters. The minimum atomic E-state index is 0.362. The van der Waals surface area contributed by atoms with Gasteiger partial charge in [-0.3, -0.25) is 0 Å². The second kappa shape index (κ2) is 11.6. The van der Waals surface area contributed by atoms with Crippen LogP contribution in [-0.4, -0.2) is 19.1 Å². The van der Waals surface area contributed by atoms with E-state index in [1.165, 1.54) is 46.7 Å². The first-order valence-electron chi connectivity index (χ1n) is 17.6. The second-order valence-electron chi connectivity index (χ2n) is 13.3. The molecular weight excluding hydrogens is 700 g/mol. The zero-order valence-corrected chi connectivity index (χ0v) is 29.7. The minimum absolute atomic E-state index is 0.362. The summed E-state index contributed by atoms with van der Waals surface area (Å²) < 4.78 is 11.7. The summed E-state index contributed by atoms with van der Waals surface area (Å²) in [4.78, 5) is 2.39. The number of anilines is 3. The molecule has 0 aliphatic rings. The Bertz CT molecular complexity index is 3130. The van der Waals surface area contributed by atoms with Crippen molar-refractivity contribution in [2.75, 3.05) is 4.90 Å². The van der Waals surface area contributed by atoms with Gasteiger partial charge in [-0.15, -0.1) is 0 Å². The predicted octanol–water partition coefficient (Wildman–Crippen LogP) is 13.2. The van der Waals surface area contributed by atoms with E-state index in [-0.39, 0.29) is 0 Å². The van der Waals surface area contributed by atoms with Gasteiger partial charge in [-0.1, -0.05) is 54.6 Å². The first-order chi connectivity index (χ1) is 25.8. The third-order valence-corrected chi connectivity index (χ3v) is 12.8. The van der Waals surface area contributed by atoms with Crippen LogP contribution in [0.2, 0.25) is 0 Å². The summed E-state index contributed by atoms with van der Waals surface area (Å²) in [5, 5.41) is 7.43. The third-order valence-electron chi connectivity index (χ3n) is 10.4. The molecule has 8 aromatic carbocycles. The molecule has 52 heavy (non-hydrogen) atoms. The first-order valence-corrected chi connectivity index (χ1v) is 19.3. The Morgan fingerprint density at radius 2 is 1.10 bits per heavy atom. The summed E-state index contributed by atoms with van der Waals surface area (Å²) in [5.74, 6) is 0. The molecule has 11 aromatic rings. The molecule has 3 nitrogen and oxygen atoms in total. The number of hydrogen-bond acceptors (Lipinski definition) is 2. The monoisotopic (exact) mass is 730 g/mol. The Labute approximate surface area is 305 Å². The Hall–Kier alpha value is -6.32. The maximum atomic E-state index is 6.41. The number of rotatable bonds is 5. The molecule has 0 spiro atoms. The van der Waals surface area contributed by atoms with E-state index in [0.29, 0.717) is 14.5 Å². The molecule has 0 bridgehead atoms. The van der Waals surface area contributed by atoms with Crippen LogP contribution in [0.25, 0.3) is 79.9 Å². The van der Waals surface area contributed by atoms with E-state index < -0.39 is 0 Å². The normalized spacial score (nSPS) is 11.8.